The maximum atomic E-state index is 13.2. The molecule has 1 fully saturated rings. The summed E-state index contributed by atoms with van der Waals surface area (Å²) in [5.41, 5.74) is 1.12. The van der Waals surface area contributed by atoms with Gasteiger partial charge in [0.05, 0.1) is 9.37 Å². The molecule has 0 bridgehead atoms. The first-order valence-corrected chi connectivity index (χ1v) is 9.91. The number of aryl methyl sites for hydroxylation is 1. The minimum Gasteiger partial charge on any atom is -0.357 e. The van der Waals surface area contributed by atoms with E-state index in [-0.39, 0.29) is 21.5 Å². The number of hydrogen-bond acceptors (Lipinski definition) is 3. The molecule has 0 atom stereocenters. The monoisotopic (exact) mass is 406 g/mol. The molecule has 1 saturated carbocycles. The van der Waals surface area contributed by atoms with E-state index < -0.39 is 9.84 Å². The lowest BCUT2D eigenvalue weighted by molar-refractivity contribution is 0.564. The molecule has 0 unspecified atom stereocenters. The first-order valence-electron chi connectivity index (χ1n) is 7.64. The van der Waals surface area contributed by atoms with E-state index in [0.29, 0.717) is 15.4 Å². The second-order valence-corrected chi connectivity index (χ2v) is 8.77. The summed E-state index contributed by atoms with van der Waals surface area (Å²) < 4.78 is 28.3. The number of hydrogen-bond donors (Lipinski definition) is 1. The minimum atomic E-state index is -3.81. The zero-order valence-electron chi connectivity index (χ0n) is 12.9. The number of benzene rings is 1. The summed E-state index contributed by atoms with van der Waals surface area (Å²) >= 11 is 3.43. The van der Waals surface area contributed by atoms with Crippen LogP contribution in [0.15, 0.2) is 55.7 Å². The van der Waals surface area contributed by atoms with E-state index in [1.807, 2.05) is 6.92 Å². The molecule has 1 N–H and O–H groups in total. The molecule has 7 heteroatoms. The van der Waals surface area contributed by atoms with Crippen molar-refractivity contribution < 1.29 is 8.42 Å². The van der Waals surface area contributed by atoms with E-state index in [9.17, 15) is 13.2 Å². The van der Waals surface area contributed by atoms with Crippen LogP contribution in [0.25, 0.3) is 10.9 Å². The van der Waals surface area contributed by atoms with Gasteiger partial charge in [0.1, 0.15) is 5.52 Å². The Hall–Kier alpha value is -1.86. The molecular formula is C17H15BrN2O3S. The Labute approximate surface area is 147 Å². The van der Waals surface area contributed by atoms with E-state index in [1.165, 1.54) is 4.57 Å². The molecule has 1 aliphatic rings. The van der Waals surface area contributed by atoms with Crippen molar-refractivity contribution >= 4 is 36.7 Å². The second-order valence-electron chi connectivity index (χ2n) is 6.11. The highest BCUT2D eigenvalue weighted by molar-refractivity contribution is 9.10. The van der Waals surface area contributed by atoms with Gasteiger partial charge in [0.25, 0.3) is 5.56 Å². The smallest absolute Gasteiger partial charge is 0.276 e. The largest absolute Gasteiger partial charge is 0.357 e. The number of halogens is 1. The summed E-state index contributed by atoms with van der Waals surface area (Å²) in [6.45, 7) is 1.90. The van der Waals surface area contributed by atoms with Crippen molar-refractivity contribution in [1.29, 1.82) is 0 Å². The molecule has 3 aromatic rings. The summed E-state index contributed by atoms with van der Waals surface area (Å²) in [6.07, 6.45) is 3.28. The van der Waals surface area contributed by atoms with Crippen molar-refractivity contribution in [2.75, 3.05) is 0 Å². The fraction of sp³-hybridized carbons (Fsp3) is 0.235. The lowest BCUT2D eigenvalue weighted by Crippen LogP contribution is -2.26. The fourth-order valence-electron chi connectivity index (χ4n) is 2.90. The lowest BCUT2D eigenvalue weighted by atomic mass is 10.2. The van der Waals surface area contributed by atoms with Gasteiger partial charge in [-0.15, -0.1) is 0 Å². The van der Waals surface area contributed by atoms with E-state index in [2.05, 4.69) is 20.9 Å². The van der Waals surface area contributed by atoms with Crippen LogP contribution < -0.4 is 5.56 Å². The van der Waals surface area contributed by atoms with Crippen LogP contribution in [0.3, 0.4) is 0 Å². The highest BCUT2D eigenvalue weighted by Gasteiger charge is 2.35. The molecule has 5 nitrogen and oxygen atoms in total. The Bertz CT molecular complexity index is 1110. The average Bonchev–Trinajstić information content (AvgIpc) is 3.25. The van der Waals surface area contributed by atoms with Gasteiger partial charge in [-0.25, -0.2) is 8.42 Å². The summed E-state index contributed by atoms with van der Waals surface area (Å²) in [4.78, 5) is 15.9. The Morgan fingerprint density at radius 1 is 1.17 bits per heavy atom. The van der Waals surface area contributed by atoms with Gasteiger partial charge in [-0.2, -0.15) is 0 Å². The number of aromatic nitrogens is 2. The van der Waals surface area contributed by atoms with E-state index in [0.717, 1.165) is 18.4 Å². The van der Waals surface area contributed by atoms with Crippen molar-refractivity contribution in [1.82, 2.24) is 9.55 Å². The Morgan fingerprint density at radius 3 is 2.46 bits per heavy atom. The summed E-state index contributed by atoms with van der Waals surface area (Å²) in [6, 6.07) is 8.34. The number of nitrogens with zero attached hydrogens (tertiary/aromatic N) is 1. The van der Waals surface area contributed by atoms with Crippen molar-refractivity contribution in [2.24, 2.45) is 0 Å². The Kier molecular flexibility index (Phi) is 3.47. The van der Waals surface area contributed by atoms with Crippen molar-refractivity contribution in [3.05, 3.63) is 56.9 Å². The van der Waals surface area contributed by atoms with Gasteiger partial charge in [-0.1, -0.05) is 17.7 Å². The van der Waals surface area contributed by atoms with Gasteiger partial charge in [0.15, 0.2) is 5.03 Å². The van der Waals surface area contributed by atoms with E-state index in [1.54, 1.807) is 36.5 Å². The third-order valence-corrected chi connectivity index (χ3v) is 7.19. The Balaban J connectivity index is 2.09. The molecule has 0 saturated heterocycles. The molecular weight excluding hydrogens is 392 g/mol. The molecule has 0 amide bonds. The molecule has 124 valence electrons. The Morgan fingerprint density at radius 2 is 1.83 bits per heavy atom. The third-order valence-electron chi connectivity index (χ3n) is 4.32. The number of sulfone groups is 1. The maximum Gasteiger partial charge on any atom is 0.276 e. The van der Waals surface area contributed by atoms with Crippen LogP contribution in [0, 0.1) is 6.92 Å². The molecule has 2 aromatic heterocycles. The summed E-state index contributed by atoms with van der Waals surface area (Å²) in [7, 11) is -3.81. The van der Waals surface area contributed by atoms with Crippen LogP contribution in [-0.4, -0.2) is 18.0 Å². The van der Waals surface area contributed by atoms with Crippen LogP contribution in [0.2, 0.25) is 0 Å². The number of H-pyrrole nitrogens is 1. The first kappa shape index (κ1) is 15.7. The van der Waals surface area contributed by atoms with Crippen molar-refractivity contribution in [2.45, 2.75) is 35.7 Å². The van der Waals surface area contributed by atoms with Crippen molar-refractivity contribution in [3.63, 3.8) is 0 Å². The zero-order chi connectivity index (χ0) is 17.1. The standard InChI is InChI=1S/C17H15BrN2O3S/c1-10-2-6-12(7-3-10)24(22,23)17-14(18)13-8-9-19-15(13)16(21)20(17)11-4-5-11/h2-3,6-9,11,19H,4-5H2,1H3. The summed E-state index contributed by atoms with van der Waals surface area (Å²) in [5, 5.41) is 0.633. The molecule has 0 radical (unpaired) electrons. The quantitative estimate of drug-likeness (QED) is 0.722. The zero-order valence-corrected chi connectivity index (χ0v) is 15.3. The molecule has 4 rings (SSSR count). The van der Waals surface area contributed by atoms with Gasteiger partial charge in [-0.3, -0.25) is 9.36 Å². The molecule has 24 heavy (non-hydrogen) atoms. The summed E-state index contributed by atoms with van der Waals surface area (Å²) in [5.74, 6) is 0. The van der Waals surface area contributed by atoms with Crippen LogP contribution >= 0.6 is 15.9 Å². The molecule has 0 spiro atoms. The normalized spacial score (nSPS) is 15.1. The lowest BCUT2D eigenvalue weighted by Gasteiger charge is -2.15. The van der Waals surface area contributed by atoms with E-state index in [4.69, 9.17) is 0 Å². The topological polar surface area (TPSA) is 71.9 Å². The van der Waals surface area contributed by atoms with Gasteiger partial charge in [0.2, 0.25) is 9.84 Å². The van der Waals surface area contributed by atoms with Gasteiger partial charge < -0.3 is 4.98 Å². The number of rotatable bonds is 3. The predicted molar refractivity (Wildman–Crippen MR) is 95.2 cm³/mol. The molecule has 2 heterocycles. The number of fused-ring (bicyclic) bond motifs is 1. The first-order chi connectivity index (χ1) is 11.4. The highest BCUT2D eigenvalue weighted by atomic mass is 79.9. The van der Waals surface area contributed by atoms with Crippen molar-refractivity contribution in [3.8, 4) is 0 Å². The van der Waals surface area contributed by atoms with Crippen LogP contribution in [0.4, 0.5) is 0 Å². The van der Waals surface area contributed by atoms with Crippen LogP contribution in [-0.2, 0) is 9.84 Å². The molecule has 1 aromatic carbocycles. The van der Waals surface area contributed by atoms with Gasteiger partial charge in [0, 0.05) is 17.6 Å². The molecule has 0 aliphatic heterocycles. The third kappa shape index (κ3) is 2.26. The van der Waals surface area contributed by atoms with E-state index >= 15 is 0 Å². The average molecular weight is 407 g/mol. The minimum absolute atomic E-state index is 0.0472. The fourth-order valence-corrected chi connectivity index (χ4v) is 5.62. The molecule has 1 aliphatic carbocycles. The van der Waals surface area contributed by atoms with Gasteiger partial charge in [-0.05, 0) is 53.9 Å². The van der Waals surface area contributed by atoms with Crippen LogP contribution in [0.1, 0.15) is 24.4 Å². The van der Waals surface area contributed by atoms with Crippen LogP contribution in [0.5, 0.6) is 0 Å². The SMILES string of the molecule is Cc1ccc(S(=O)(=O)c2c(Br)c3cc[nH]c3c(=O)n2C2CC2)cc1. The maximum absolute atomic E-state index is 13.2. The number of pyridine rings is 1. The number of aromatic amines is 1. The van der Waals surface area contributed by atoms with Gasteiger partial charge >= 0.3 is 0 Å². The predicted octanol–water partition coefficient (Wildman–Crippen LogP) is 3.57. The second kappa shape index (κ2) is 5.32. The number of nitrogens with one attached hydrogen (secondary N) is 1. The highest BCUT2D eigenvalue weighted by Crippen LogP contribution is 2.40.